The van der Waals surface area contributed by atoms with Crippen molar-refractivity contribution in [3.8, 4) is 66.6 Å². The summed E-state index contributed by atoms with van der Waals surface area (Å²) < 4.78 is 77.8. The number of sulfonamides is 1. The lowest BCUT2D eigenvalue weighted by molar-refractivity contribution is -0.138. The quantitative estimate of drug-likeness (QED) is 0.0279. The number of aromatic nitrogens is 13. The van der Waals surface area contributed by atoms with Gasteiger partial charge < -0.3 is 46.9 Å². The van der Waals surface area contributed by atoms with Crippen LogP contribution >= 0.6 is 22.9 Å². The minimum Gasteiger partial charge on any atom is -0.381 e. The summed E-state index contributed by atoms with van der Waals surface area (Å²) >= 11 is 8.31. The maximum Gasteiger partial charge on any atom is 0.416 e. The van der Waals surface area contributed by atoms with E-state index in [1.165, 1.54) is 57.1 Å². The third kappa shape index (κ3) is 22.3. The zero-order chi connectivity index (χ0) is 94.7. The first-order valence-electron chi connectivity index (χ1n) is 45.5. The molecule has 35 heteroatoms. The summed E-state index contributed by atoms with van der Waals surface area (Å²) in [6.07, 6.45) is 11.7. The van der Waals surface area contributed by atoms with Crippen molar-refractivity contribution in [3.05, 3.63) is 307 Å². The van der Waals surface area contributed by atoms with Crippen molar-refractivity contribution in [1.29, 1.82) is 0 Å². The number of piperidine rings is 1. The van der Waals surface area contributed by atoms with E-state index in [1.807, 2.05) is 129 Å². The molecule has 0 aliphatic carbocycles. The molecule has 29 nitrogen and oxygen atoms in total. The van der Waals surface area contributed by atoms with Crippen LogP contribution in [0, 0.1) is 13.8 Å². The van der Waals surface area contributed by atoms with Gasteiger partial charge >= 0.3 is 6.18 Å². The highest BCUT2D eigenvalue weighted by Gasteiger charge is 2.34. The van der Waals surface area contributed by atoms with E-state index in [-0.39, 0.29) is 53.5 Å². The Morgan fingerprint density at radius 2 is 1.12 bits per heavy atom. The summed E-state index contributed by atoms with van der Waals surface area (Å²) in [6, 6.07) is 61.8. The fourth-order valence-electron chi connectivity index (χ4n) is 17.4. The molecule has 7 aromatic carbocycles. The van der Waals surface area contributed by atoms with E-state index < -0.39 is 27.3 Å². The number of nitrogens with zero attached hydrogens (tertiary/aromatic N) is 16. The first-order valence-corrected chi connectivity index (χ1v) is 48.5. The Morgan fingerprint density at radius 3 is 1.74 bits per heavy atom. The third-order valence-electron chi connectivity index (χ3n) is 24.8. The van der Waals surface area contributed by atoms with Gasteiger partial charge in [0.1, 0.15) is 21.9 Å². The Balaban J connectivity index is 0.000000137. The highest BCUT2D eigenvalue weighted by molar-refractivity contribution is 7.88. The molecule has 0 radical (unpaired) electrons. The standard InChI is InChI=1S/C37H30ClF3N6O.C33H36N8O2S.C32H35N9O3S/c38-33-19-24(23-6-2-1-3-7-23)10-15-30(33)31-18-26-20-43-36(45-28-13-11-27(12-14-28)44-29-16-17-42-21-29)46-34(26)47(35(31)48)22-25-8-4-5-9-32(25)37(39,40)41;1-22-29(38-31(44-22)28-6-2-3-12-35-28)27-19-25-21-36-33(37-26-9-7-23(8-10-26)24-5-4-11-34-20-24)39-30(25)41(32(27)42)14-13-40-15-17-43-18-16-40;1-22-4-9-26(27(18-22)29-21-34-10-11-35-29)28-19-23-20-36-32(37-24-5-7-25(8-6-24)40-14-12-33-13-15-40)38-30(23)41(31(28)42)17-16-39(2)45(3,43)44/h1-15,18-20,29,42,44H,16-17,21-22H2,(H,43,45,46);2-3,6-10,12,19,21,24,34H,4-5,11,13-18,20H2,1H3,(H,36,37,39);4-11,18-21,33H,12-17H2,1-3H3,(H,36,37,38). The van der Waals surface area contributed by atoms with Crippen molar-refractivity contribution in [2.75, 3.05) is 131 Å². The summed E-state index contributed by atoms with van der Waals surface area (Å²) in [6.45, 7) is 16.0. The lowest BCUT2D eigenvalue weighted by Gasteiger charge is -2.29. The number of thiazole rings is 1. The van der Waals surface area contributed by atoms with Crippen molar-refractivity contribution in [2.24, 2.45) is 0 Å². The van der Waals surface area contributed by atoms with E-state index in [2.05, 4.69) is 118 Å². The van der Waals surface area contributed by atoms with Crippen LogP contribution in [0.3, 0.4) is 0 Å². The van der Waals surface area contributed by atoms with Gasteiger partial charge in [0.05, 0.1) is 60.4 Å². The van der Waals surface area contributed by atoms with E-state index >= 15 is 0 Å². The van der Waals surface area contributed by atoms with E-state index in [0.717, 1.165) is 157 Å². The van der Waals surface area contributed by atoms with Gasteiger partial charge in [0.15, 0.2) is 0 Å². The van der Waals surface area contributed by atoms with Crippen LogP contribution in [0.2, 0.25) is 5.02 Å². The monoisotopic (exact) mass is 1900 g/mol. The smallest absolute Gasteiger partial charge is 0.381 e. The first kappa shape index (κ1) is 93.5. The number of aryl methyl sites for hydroxylation is 2. The van der Waals surface area contributed by atoms with Gasteiger partial charge in [-0.2, -0.15) is 28.1 Å². The Morgan fingerprint density at radius 1 is 0.526 bits per heavy atom. The van der Waals surface area contributed by atoms with Gasteiger partial charge in [-0.15, -0.1) is 11.3 Å². The van der Waals surface area contributed by atoms with Gasteiger partial charge in [0.25, 0.3) is 16.7 Å². The van der Waals surface area contributed by atoms with Gasteiger partial charge in [-0.25, -0.2) is 32.7 Å². The van der Waals surface area contributed by atoms with E-state index in [4.69, 9.17) is 31.3 Å². The van der Waals surface area contributed by atoms with Crippen LogP contribution in [0.15, 0.2) is 258 Å². The number of pyridine rings is 4. The molecule has 700 valence electrons. The highest BCUT2D eigenvalue weighted by Crippen LogP contribution is 2.39. The van der Waals surface area contributed by atoms with Crippen molar-refractivity contribution in [1.82, 2.24) is 88.7 Å². The maximum absolute atomic E-state index is 14.2. The van der Waals surface area contributed by atoms with Crippen molar-refractivity contribution >= 4 is 112 Å². The van der Waals surface area contributed by atoms with Crippen LogP contribution in [-0.2, 0) is 40.6 Å². The average Bonchev–Trinajstić information content (AvgIpc) is 1.67. The molecule has 0 spiro atoms. The predicted molar refractivity (Wildman–Crippen MR) is 537 cm³/mol. The molecule has 0 saturated carbocycles. The molecule has 9 aromatic heterocycles. The van der Waals surface area contributed by atoms with Crippen molar-refractivity contribution in [3.63, 3.8) is 0 Å². The predicted octanol–water partition coefficient (Wildman–Crippen LogP) is 16.5. The summed E-state index contributed by atoms with van der Waals surface area (Å²) in [4.78, 5) is 94.3. The molecule has 16 aromatic rings. The van der Waals surface area contributed by atoms with Crippen LogP contribution < -0.4 is 58.8 Å². The fraction of sp³-hybridized carbons (Fsp3) is 0.265. The van der Waals surface area contributed by atoms with Crippen LogP contribution in [0.25, 0.3) is 99.7 Å². The number of hydrogen-bond acceptors (Lipinski definition) is 26. The molecule has 20 rings (SSSR count). The molecule has 0 bridgehead atoms. The molecule has 2 atom stereocenters. The zero-order valence-electron chi connectivity index (χ0n) is 75.8. The number of nitrogens with one attached hydrogen (secondary N) is 7. The number of benzene rings is 7. The van der Waals surface area contributed by atoms with Crippen molar-refractivity contribution in [2.45, 2.75) is 70.9 Å². The van der Waals surface area contributed by atoms with Gasteiger partial charge in [-0.05, 0) is 189 Å². The Bertz CT molecular complexity index is 7310. The second-order valence-corrected chi connectivity index (χ2v) is 37.9. The molecular formula is C102H101ClF3N23O6S2. The van der Waals surface area contributed by atoms with E-state index in [9.17, 15) is 36.0 Å². The van der Waals surface area contributed by atoms with Crippen LogP contribution in [-0.4, -0.2) is 192 Å². The van der Waals surface area contributed by atoms with Crippen LogP contribution in [0.5, 0.6) is 0 Å². The number of morpholine rings is 1. The second-order valence-electron chi connectivity index (χ2n) is 34.2. The zero-order valence-corrected chi connectivity index (χ0v) is 78.2. The van der Waals surface area contributed by atoms with E-state index in [0.29, 0.717) is 110 Å². The lowest BCUT2D eigenvalue weighted by atomic mass is 9.92. The minimum atomic E-state index is -4.61. The first-order chi connectivity index (χ1) is 66.5. The normalized spacial score (nSPS) is 15.4. The summed E-state index contributed by atoms with van der Waals surface area (Å²) in [5.41, 5.74) is 13.3. The number of likely N-dealkylation sites (N-methyl/N-ethyl adjacent to an activating group) is 1. The molecule has 137 heavy (non-hydrogen) atoms. The Hall–Kier alpha value is -13.9. The van der Waals surface area contributed by atoms with Crippen LogP contribution in [0.1, 0.15) is 52.3 Å². The second kappa shape index (κ2) is 42.1. The molecular weight excluding hydrogens is 1800 g/mol. The molecule has 7 N–H and O–H groups in total. The molecule has 13 heterocycles. The highest BCUT2D eigenvalue weighted by atomic mass is 35.5. The molecule has 0 amide bonds. The van der Waals surface area contributed by atoms with E-state index in [1.54, 1.807) is 83.5 Å². The average molecular weight is 1900 g/mol. The molecule has 4 fully saturated rings. The summed E-state index contributed by atoms with van der Waals surface area (Å²) in [7, 11) is -1.97. The summed E-state index contributed by atoms with van der Waals surface area (Å²) in [5, 5.41) is 26.5. The number of fused-ring (bicyclic) bond motifs is 3. The maximum atomic E-state index is 14.2. The molecule has 4 saturated heterocycles. The number of rotatable bonds is 25. The van der Waals surface area contributed by atoms with Gasteiger partial charge in [-0.3, -0.25) is 47.9 Å². The molecule has 4 aliphatic heterocycles. The fourth-order valence-corrected chi connectivity index (χ4v) is 19.0. The molecule has 4 aliphatic rings. The van der Waals surface area contributed by atoms with Crippen molar-refractivity contribution < 1.29 is 26.3 Å². The van der Waals surface area contributed by atoms with Gasteiger partial charge in [0, 0.05) is 206 Å². The largest absolute Gasteiger partial charge is 0.416 e. The van der Waals surface area contributed by atoms with Gasteiger partial charge in [-0.1, -0.05) is 108 Å². The minimum absolute atomic E-state index is 0.0651. The summed E-state index contributed by atoms with van der Waals surface area (Å²) in [5.74, 6) is 1.52. The topological polar surface area (TPSA) is 332 Å². The Kier molecular flexibility index (Phi) is 28.7. The number of anilines is 8. The number of hydrogen-bond donors (Lipinski definition) is 7. The Labute approximate surface area is 797 Å². The number of ether oxygens (including phenoxy) is 1. The number of halogens is 4. The number of piperazine rings is 1. The van der Waals surface area contributed by atoms with Crippen LogP contribution in [0.4, 0.5) is 59.5 Å². The third-order valence-corrected chi connectivity index (χ3v) is 27.4. The lowest BCUT2D eigenvalue weighted by Crippen LogP contribution is -2.43. The van der Waals surface area contributed by atoms with Gasteiger partial charge in [0.2, 0.25) is 27.9 Å². The SMILES string of the molecule is Cc1ccc(-c2cc3cnc(Nc4ccc(N5CCNCC5)cc4)nc3n(CCN(C)S(C)(=O)=O)c2=O)c(-c2cnccn2)c1.Cc1sc(-c2ccccn2)nc1-c1cc2cnc(Nc3ccc(C4CCCNC4)cc3)nc2n(CCN2CCOCC2)c1=O.O=c1c(-c2ccc(-c3ccccc3)cc2Cl)cc2cnc(Nc3ccc(NC4CCNC4)cc3)nc2n1Cc1ccccc1C(F)(F)F. The number of alkyl halides is 3. The molecule has 2 unspecified atom stereocenters.